The second kappa shape index (κ2) is 7.41. The van der Waals surface area contributed by atoms with Crippen LogP contribution in [-0.2, 0) is 6.42 Å². The number of rotatable bonds is 6. The van der Waals surface area contributed by atoms with Crippen LogP contribution >= 0.6 is 0 Å². The summed E-state index contributed by atoms with van der Waals surface area (Å²) in [6.45, 7) is 4.65. The summed E-state index contributed by atoms with van der Waals surface area (Å²) < 4.78 is 0. The number of hydrogen-bond donors (Lipinski definition) is 2. The van der Waals surface area contributed by atoms with E-state index in [-0.39, 0.29) is 0 Å². The van der Waals surface area contributed by atoms with E-state index in [2.05, 4.69) is 27.8 Å². The zero-order chi connectivity index (χ0) is 11.8. The molecule has 1 aliphatic heterocycles. The summed E-state index contributed by atoms with van der Waals surface area (Å²) in [5, 5.41) is 7.00. The van der Waals surface area contributed by atoms with Gasteiger partial charge in [-0.15, -0.1) is 0 Å². The fraction of sp³-hybridized carbons (Fsp3) is 0.643. The Morgan fingerprint density at radius 1 is 1.29 bits per heavy atom. The van der Waals surface area contributed by atoms with E-state index in [9.17, 15) is 0 Å². The molecule has 0 amide bonds. The largest absolute Gasteiger partial charge is 0.316 e. The number of aromatic nitrogens is 1. The maximum Gasteiger partial charge on any atom is 0.0270 e. The Bertz CT molecular complexity index is 294. The molecule has 0 bridgehead atoms. The number of nitrogens with one attached hydrogen (secondary N) is 2. The molecule has 2 N–H and O–H groups in total. The van der Waals surface area contributed by atoms with Crippen molar-refractivity contribution in [2.24, 2.45) is 5.92 Å². The minimum Gasteiger partial charge on any atom is -0.316 e. The Balaban J connectivity index is 1.51. The van der Waals surface area contributed by atoms with Gasteiger partial charge in [0.2, 0.25) is 0 Å². The van der Waals surface area contributed by atoms with Crippen LogP contribution in [0.25, 0.3) is 0 Å². The molecule has 1 fully saturated rings. The molecule has 1 atom stereocenters. The van der Waals surface area contributed by atoms with E-state index >= 15 is 0 Å². The highest BCUT2D eigenvalue weighted by atomic mass is 14.9. The number of pyridine rings is 1. The van der Waals surface area contributed by atoms with Crippen molar-refractivity contribution in [3.05, 3.63) is 30.1 Å². The van der Waals surface area contributed by atoms with Gasteiger partial charge in [0.1, 0.15) is 0 Å². The van der Waals surface area contributed by atoms with Gasteiger partial charge in [0, 0.05) is 12.4 Å². The summed E-state index contributed by atoms with van der Waals surface area (Å²) in [4.78, 5) is 4.02. The van der Waals surface area contributed by atoms with Crippen molar-refractivity contribution in [2.45, 2.75) is 25.7 Å². The number of hydrogen-bond acceptors (Lipinski definition) is 3. The summed E-state index contributed by atoms with van der Waals surface area (Å²) in [6.07, 6.45) is 8.89. The van der Waals surface area contributed by atoms with Crippen LogP contribution in [0, 0.1) is 5.92 Å². The van der Waals surface area contributed by atoms with Gasteiger partial charge >= 0.3 is 0 Å². The molecule has 1 aliphatic rings. The highest BCUT2D eigenvalue weighted by Gasteiger charge is 2.11. The van der Waals surface area contributed by atoms with E-state index < -0.39 is 0 Å². The van der Waals surface area contributed by atoms with Gasteiger partial charge < -0.3 is 10.6 Å². The first-order valence-corrected chi connectivity index (χ1v) is 6.75. The Labute approximate surface area is 104 Å². The molecule has 2 rings (SSSR count). The smallest absolute Gasteiger partial charge is 0.0270 e. The second-order valence-electron chi connectivity index (χ2n) is 4.86. The van der Waals surface area contributed by atoms with Crippen LogP contribution in [0.5, 0.6) is 0 Å². The van der Waals surface area contributed by atoms with E-state index in [0.29, 0.717) is 0 Å². The van der Waals surface area contributed by atoms with Gasteiger partial charge in [-0.25, -0.2) is 0 Å². The molecule has 1 aromatic rings. The van der Waals surface area contributed by atoms with Crippen molar-refractivity contribution < 1.29 is 0 Å². The van der Waals surface area contributed by atoms with Crippen LogP contribution < -0.4 is 10.6 Å². The van der Waals surface area contributed by atoms with Crippen LogP contribution in [0.4, 0.5) is 0 Å². The number of nitrogens with zero attached hydrogens (tertiary/aromatic N) is 1. The van der Waals surface area contributed by atoms with Crippen molar-refractivity contribution in [3.8, 4) is 0 Å². The average Bonchev–Trinajstić information content (AvgIpc) is 2.41. The molecule has 1 unspecified atom stereocenters. The fourth-order valence-corrected chi connectivity index (χ4v) is 2.38. The van der Waals surface area contributed by atoms with E-state index in [1.807, 2.05) is 12.4 Å². The Hall–Kier alpha value is -0.930. The second-order valence-corrected chi connectivity index (χ2v) is 4.86. The first kappa shape index (κ1) is 12.5. The molecule has 1 saturated heterocycles. The first-order valence-electron chi connectivity index (χ1n) is 6.75. The highest BCUT2D eigenvalue weighted by molar-refractivity contribution is 5.09. The van der Waals surface area contributed by atoms with Crippen LogP contribution in [0.15, 0.2) is 24.5 Å². The minimum absolute atomic E-state index is 0.886. The highest BCUT2D eigenvalue weighted by Crippen LogP contribution is 2.12. The molecule has 0 spiro atoms. The molecule has 0 saturated carbocycles. The van der Waals surface area contributed by atoms with E-state index in [0.717, 1.165) is 25.4 Å². The van der Waals surface area contributed by atoms with Gasteiger partial charge in [-0.2, -0.15) is 0 Å². The fourth-order valence-electron chi connectivity index (χ4n) is 2.38. The first-order chi connectivity index (χ1) is 8.45. The molecule has 0 radical (unpaired) electrons. The van der Waals surface area contributed by atoms with Crippen LogP contribution in [0.2, 0.25) is 0 Å². The zero-order valence-electron chi connectivity index (χ0n) is 10.5. The van der Waals surface area contributed by atoms with Crippen molar-refractivity contribution in [2.75, 3.05) is 26.2 Å². The Morgan fingerprint density at radius 3 is 2.94 bits per heavy atom. The standard InChI is InChI=1S/C14H23N3/c1-2-14(12-17-7-1)6-11-16-10-5-13-3-8-15-9-4-13/h3-4,8-9,14,16-17H,1-2,5-7,10-12H2. The van der Waals surface area contributed by atoms with Gasteiger partial charge in [0.25, 0.3) is 0 Å². The maximum atomic E-state index is 4.02. The lowest BCUT2D eigenvalue weighted by Gasteiger charge is -2.22. The lowest BCUT2D eigenvalue weighted by atomic mass is 9.96. The van der Waals surface area contributed by atoms with Crippen LogP contribution in [0.1, 0.15) is 24.8 Å². The van der Waals surface area contributed by atoms with Gasteiger partial charge in [0.05, 0.1) is 0 Å². The van der Waals surface area contributed by atoms with E-state index in [1.165, 1.54) is 37.9 Å². The maximum absolute atomic E-state index is 4.02. The van der Waals surface area contributed by atoms with Crippen molar-refractivity contribution in [1.82, 2.24) is 15.6 Å². The quantitative estimate of drug-likeness (QED) is 0.733. The lowest BCUT2D eigenvalue weighted by Crippen LogP contribution is -2.32. The Kier molecular flexibility index (Phi) is 5.46. The number of piperidine rings is 1. The molecule has 17 heavy (non-hydrogen) atoms. The predicted molar refractivity (Wildman–Crippen MR) is 71.0 cm³/mol. The van der Waals surface area contributed by atoms with Crippen molar-refractivity contribution in [1.29, 1.82) is 0 Å². The zero-order valence-corrected chi connectivity index (χ0v) is 10.5. The van der Waals surface area contributed by atoms with Crippen molar-refractivity contribution >= 4 is 0 Å². The van der Waals surface area contributed by atoms with E-state index in [4.69, 9.17) is 0 Å². The molecule has 94 valence electrons. The summed E-state index contributed by atoms with van der Waals surface area (Å²) in [7, 11) is 0. The van der Waals surface area contributed by atoms with Crippen LogP contribution in [0.3, 0.4) is 0 Å². The summed E-state index contributed by atoms with van der Waals surface area (Å²) in [6, 6.07) is 4.18. The normalized spacial score (nSPS) is 20.4. The third-order valence-electron chi connectivity index (χ3n) is 3.47. The third-order valence-corrected chi connectivity index (χ3v) is 3.47. The van der Waals surface area contributed by atoms with Gasteiger partial charge in [-0.1, -0.05) is 0 Å². The van der Waals surface area contributed by atoms with Crippen LogP contribution in [-0.4, -0.2) is 31.2 Å². The monoisotopic (exact) mass is 233 g/mol. The molecule has 0 aliphatic carbocycles. The molecule has 3 nitrogen and oxygen atoms in total. The molecular weight excluding hydrogens is 210 g/mol. The third kappa shape index (κ3) is 4.84. The minimum atomic E-state index is 0.886. The molecule has 1 aromatic heterocycles. The molecule has 3 heteroatoms. The predicted octanol–water partition coefficient (Wildman–Crippen LogP) is 1.60. The Morgan fingerprint density at radius 2 is 2.18 bits per heavy atom. The summed E-state index contributed by atoms with van der Waals surface area (Å²) in [5.41, 5.74) is 1.37. The van der Waals surface area contributed by atoms with Gasteiger partial charge in [0.15, 0.2) is 0 Å². The van der Waals surface area contributed by atoms with Gasteiger partial charge in [-0.05, 0) is 75.5 Å². The molecule has 2 heterocycles. The van der Waals surface area contributed by atoms with E-state index in [1.54, 1.807) is 0 Å². The van der Waals surface area contributed by atoms with Gasteiger partial charge in [-0.3, -0.25) is 4.98 Å². The summed E-state index contributed by atoms with van der Waals surface area (Å²) in [5.74, 6) is 0.886. The molecule has 0 aromatic carbocycles. The average molecular weight is 233 g/mol. The topological polar surface area (TPSA) is 37.0 Å². The summed E-state index contributed by atoms with van der Waals surface area (Å²) >= 11 is 0. The molecular formula is C14H23N3. The lowest BCUT2D eigenvalue weighted by molar-refractivity contribution is 0.352. The SMILES string of the molecule is c1cc(CCNCCC2CCCNC2)ccn1. The van der Waals surface area contributed by atoms with Crippen molar-refractivity contribution in [3.63, 3.8) is 0 Å².